The Morgan fingerprint density at radius 2 is 1.94 bits per heavy atom. The van der Waals surface area contributed by atoms with E-state index >= 15 is 0 Å². The van der Waals surface area contributed by atoms with E-state index in [0.717, 1.165) is 10.1 Å². The van der Waals surface area contributed by atoms with Gasteiger partial charge in [-0.15, -0.1) is 0 Å². The van der Waals surface area contributed by atoms with Crippen molar-refractivity contribution >= 4 is 0 Å². The summed E-state index contributed by atoms with van der Waals surface area (Å²) in [6, 6.07) is 7.13. The van der Waals surface area contributed by atoms with Crippen molar-refractivity contribution in [2.45, 2.75) is 20.0 Å². The van der Waals surface area contributed by atoms with E-state index in [4.69, 9.17) is 5.73 Å². The van der Waals surface area contributed by atoms with E-state index in [1.54, 1.807) is 19.1 Å². The first-order chi connectivity index (χ1) is 8.11. The van der Waals surface area contributed by atoms with Gasteiger partial charge in [-0.25, -0.2) is 4.98 Å². The number of hydrogen-bond acceptors (Lipinski definition) is 2. The molecule has 0 saturated carbocycles. The molecule has 90 valence electrons. The Hall–Kier alpha value is -1.75. The molecule has 0 unspecified atom stereocenters. The third kappa shape index (κ3) is 2.34. The summed E-state index contributed by atoms with van der Waals surface area (Å²) < 4.78 is 26.4. The van der Waals surface area contributed by atoms with Crippen molar-refractivity contribution in [1.82, 2.24) is 9.55 Å². The molecule has 1 aromatic heterocycles. The van der Waals surface area contributed by atoms with E-state index in [9.17, 15) is 8.78 Å². The van der Waals surface area contributed by atoms with Gasteiger partial charge < -0.3 is 5.73 Å². The van der Waals surface area contributed by atoms with E-state index in [-0.39, 0.29) is 5.82 Å². The first-order valence-corrected chi connectivity index (χ1v) is 5.25. The molecule has 2 N–H and O–H groups in total. The van der Waals surface area contributed by atoms with Crippen LogP contribution in [0.3, 0.4) is 0 Å². The first kappa shape index (κ1) is 11.7. The summed E-state index contributed by atoms with van der Waals surface area (Å²) in [4.78, 5) is 4.11. The molecule has 0 aliphatic rings. The zero-order valence-corrected chi connectivity index (χ0v) is 9.40. The molecule has 2 aromatic rings. The molecule has 0 aliphatic carbocycles. The minimum atomic E-state index is -2.58. The lowest BCUT2D eigenvalue weighted by Crippen LogP contribution is -2.00. The molecule has 0 amide bonds. The third-order valence-corrected chi connectivity index (χ3v) is 2.51. The van der Waals surface area contributed by atoms with Crippen molar-refractivity contribution in [3.8, 4) is 11.4 Å². The topological polar surface area (TPSA) is 43.8 Å². The second-order valence-corrected chi connectivity index (χ2v) is 3.79. The molecular weight excluding hydrogens is 224 g/mol. The normalized spacial score (nSPS) is 11.1. The highest BCUT2D eigenvalue weighted by molar-refractivity contribution is 5.56. The van der Waals surface area contributed by atoms with Crippen LogP contribution in [-0.2, 0) is 6.54 Å². The summed E-state index contributed by atoms with van der Waals surface area (Å²) in [6.07, 6.45) is 1.34. The Morgan fingerprint density at radius 3 is 2.47 bits per heavy atom. The summed E-state index contributed by atoms with van der Waals surface area (Å²) in [5.41, 5.74) is 7.67. The number of benzene rings is 1. The molecule has 0 aliphatic heterocycles. The van der Waals surface area contributed by atoms with Crippen molar-refractivity contribution in [3.63, 3.8) is 0 Å². The van der Waals surface area contributed by atoms with Gasteiger partial charge in [-0.1, -0.05) is 24.3 Å². The second kappa shape index (κ2) is 4.63. The molecule has 17 heavy (non-hydrogen) atoms. The van der Waals surface area contributed by atoms with Crippen molar-refractivity contribution in [2.75, 3.05) is 0 Å². The summed E-state index contributed by atoms with van der Waals surface area (Å²) in [5.74, 6) is 0.279. The van der Waals surface area contributed by atoms with Crippen molar-refractivity contribution < 1.29 is 8.78 Å². The maximum Gasteiger partial charge on any atom is 0.320 e. The summed E-state index contributed by atoms with van der Waals surface area (Å²) in [7, 11) is 0. The standard InChI is InChI=1S/C12H13F2N3/c1-8-7-17(12(13)14)11(16-8)10-4-2-9(6-15)3-5-10/h2-5,7,12H,6,15H2,1H3. The van der Waals surface area contributed by atoms with Crippen LogP contribution in [-0.4, -0.2) is 9.55 Å². The van der Waals surface area contributed by atoms with E-state index in [1.807, 2.05) is 12.1 Å². The Morgan fingerprint density at radius 1 is 1.29 bits per heavy atom. The Kier molecular flexibility index (Phi) is 3.19. The highest BCUT2D eigenvalue weighted by atomic mass is 19.3. The van der Waals surface area contributed by atoms with Crippen LogP contribution in [0.25, 0.3) is 11.4 Å². The molecule has 1 heterocycles. The van der Waals surface area contributed by atoms with Crippen LogP contribution in [0.15, 0.2) is 30.5 Å². The fraction of sp³-hybridized carbons (Fsp3) is 0.250. The second-order valence-electron chi connectivity index (χ2n) is 3.79. The number of imidazole rings is 1. The molecule has 0 saturated heterocycles. The van der Waals surface area contributed by atoms with E-state index in [2.05, 4.69) is 4.98 Å². The number of halogens is 2. The molecule has 2 rings (SSSR count). The third-order valence-electron chi connectivity index (χ3n) is 2.51. The number of hydrogen-bond donors (Lipinski definition) is 1. The molecule has 0 bridgehead atoms. The Balaban J connectivity index is 2.44. The van der Waals surface area contributed by atoms with Gasteiger partial charge in [0.1, 0.15) is 5.82 Å². The van der Waals surface area contributed by atoms with Crippen LogP contribution < -0.4 is 5.73 Å². The van der Waals surface area contributed by atoms with Gasteiger partial charge >= 0.3 is 6.55 Å². The van der Waals surface area contributed by atoms with Gasteiger partial charge in [0.05, 0.1) is 5.69 Å². The van der Waals surface area contributed by atoms with Crippen LogP contribution in [0.2, 0.25) is 0 Å². The molecule has 5 heteroatoms. The number of alkyl halides is 2. The van der Waals surface area contributed by atoms with Crippen LogP contribution >= 0.6 is 0 Å². The molecule has 0 spiro atoms. The highest BCUT2D eigenvalue weighted by Crippen LogP contribution is 2.24. The van der Waals surface area contributed by atoms with Gasteiger partial charge in [0.2, 0.25) is 0 Å². The monoisotopic (exact) mass is 237 g/mol. The lowest BCUT2D eigenvalue weighted by Gasteiger charge is -2.06. The van der Waals surface area contributed by atoms with Crippen LogP contribution in [0.5, 0.6) is 0 Å². The lowest BCUT2D eigenvalue weighted by molar-refractivity contribution is 0.0719. The number of nitrogens with zero attached hydrogens (tertiary/aromatic N) is 2. The molecule has 3 nitrogen and oxygen atoms in total. The predicted molar refractivity (Wildman–Crippen MR) is 61.5 cm³/mol. The maximum absolute atomic E-state index is 12.8. The quantitative estimate of drug-likeness (QED) is 0.892. The largest absolute Gasteiger partial charge is 0.326 e. The Labute approximate surface area is 97.9 Å². The lowest BCUT2D eigenvalue weighted by atomic mass is 10.1. The van der Waals surface area contributed by atoms with Gasteiger partial charge in [-0.3, -0.25) is 4.57 Å². The fourth-order valence-electron chi connectivity index (χ4n) is 1.67. The first-order valence-electron chi connectivity index (χ1n) is 5.25. The smallest absolute Gasteiger partial charge is 0.320 e. The van der Waals surface area contributed by atoms with E-state index in [1.165, 1.54) is 6.20 Å². The summed E-state index contributed by atoms with van der Waals surface area (Å²) in [6.45, 7) is -0.459. The van der Waals surface area contributed by atoms with Gasteiger partial charge in [-0.05, 0) is 12.5 Å². The zero-order chi connectivity index (χ0) is 12.4. The molecular formula is C12H13F2N3. The van der Waals surface area contributed by atoms with Crippen molar-refractivity contribution in [3.05, 3.63) is 41.7 Å². The minimum Gasteiger partial charge on any atom is -0.326 e. The fourth-order valence-corrected chi connectivity index (χ4v) is 1.67. The number of aromatic nitrogens is 2. The zero-order valence-electron chi connectivity index (χ0n) is 9.40. The van der Waals surface area contributed by atoms with Crippen LogP contribution in [0.1, 0.15) is 17.8 Å². The summed E-state index contributed by atoms with van der Waals surface area (Å²) in [5, 5.41) is 0. The maximum atomic E-state index is 12.8. The van der Waals surface area contributed by atoms with Crippen LogP contribution in [0, 0.1) is 6.92 Å². The number of nitrogens with two attached hydrogens (primary N) is 1. The molecule has 0 atom stereocenters. The number of aryl methyl sites for hydroxylation is 1. The molecule has 0 fully saturated rings. The van der Waals surface area contributed by atoms with Gasteiger partial charge in [0.15, 0.2) is 0 Å². The average molecular weight is 237 g/mol. The molecule has 1 aromatic carbocycles. The van der Waals surface area contributed by atoms with Gasteiger partial charge in [0.25, 0.3) is 0 Å². The van der Waals surface area contributed by atoms with Crippen LogP contribution in [0.4, 0.5) is 8.78 Å². The molecule has 0 radical (unpaired) electrons. The SMILES string of the molecule is Cc1cn(C(F)F)c(-c2ccc(CN)cc2)n1. The number of rotatable bonds is 3. The average Bonchev–Trinajstić information content (AvgIpc) is 2.72. The van der Waals surface area contributed by atoms with Gasteiger partial charge in [-0.2, -0.15) is 8.78 Å². The van der Waals surface area contributed by atoms with Gasteiger partial charge in [0, 0.05) is 18.3 Å². The Bertz CT molecular complexity index is 503. The minimum absolute atomic E-state index is 0.279. The summed E-state index contributed by atoms with van der Waals surface area (Å²) >= 11 is 0. The van der Waals surface area contributed by atoms with E-state index in [0.29, 0.717) is 17.8 Å². The predicted octanol–water partition coefficient (Wildman–Crippen LogP) is 2.71. The highest BCUT2D eigenvalue weighted by Gasteiger charge is 2.14. The van der Waals surface area contributed by atoms with Crippen molar-refractivity contribution in [2.24, 2.45) is 5.73 Å². The van der Waals surface area contributed by atoms with Crippen molar-refractivity contribution in [1.29, 1.82) is 0 Å². The van der Waals surface area contributed by atoms with E-state index < -0.39 is 6.55 Å².